The minimum Gasteiger partial charge on any atom is -0.493 e. The predicted molar refractivity (Wildman–Crippen MR) is 81.4 cm³/mol. The fourth-order valence-electron chi connectivity index (χ4n) is 1.83. The second kappa shape index (κ2) is 7.26. The van der Waals surface area contributed by atoms with E-state index in [0.717, 1.165) is 24.6 Å². The van der Waals surface area contributed by atoms with Crippen molar-refractivity contribution in [3.63, 3.8) is 0 Å². The smallest absolute Gasteiger partial charge is 0.161 e. The highest BCUT2D eigenvalue weighted by atomic mass is 32.1. The third-order valence-electron chi connectivity index (χ3n) is 2.70. The second-order valence-corrected chi connectivity index (χ2v) is 5.69. The van der Waals surface area contributed by atoms with Gasteiger partial charge < -0.3 is 14.8 Å². The van der Waals surface area contributed by atoms with Gasteiger partial charge >= 0.3 is 0 Å². The molecule has 0 saturated heterocycles. The Morgan fingerprint density at radius 2 is 2.10 bits per heavy atom. The summed E-state index contributed by atoms with van der Waals surface area (Å²) in [5.41, 5.74) is 3.01. The number of ether oxygens (including phenoxy) is 2. The molecule has 1 heterocycles. The zero-order valence-electron chi connectivity index (χ0n) is 12.1. The van der Waals surface area contributed by atoms with E-state index in [1.165, 1.54) is 10.4 Å². The molecule has 0 aliphatic heterocycles. The molecule has 2 aromatic rings. The monoisotopic (exact) mass is 292 g/mol. The lowest BCUT2D eigenvalue weighted by Crippen LogP contribution is -2.12. The molecule has 1 N–H and O–H groups in total. The quantitative estimate of drug-likeness (QED) is 0.851. The molecule has 0 radical (unpaired) electrons. The van der Waals surface area contributed by atoms with Crippen LogP contribution in [0.25, 0.3) is 0 Å². The van der Waals surface area contributed by atoms with E-state index < -0.39 is 0 Å². The Labute approximate surface area is 123 Å². The summed E-state index contributed by atoms with van der Waals surface area (Å²) in [7, 11) is 1.66. The summed E-state index contributed by atoms with van der Waals surface area (Å²) < 4.78 is 11.1. The van der Waals surface area contributed by atoms with Gasteiger partial charge in [0.25, 0.3) is 0 Å². The molecule has 108 valence electrons. The largest absolute Gasteiger partial charge is 0.493 e. The van der Waals surface area contributed by atoms with Crippen LogP contribution < -0.4 is 14.8 Å². The Balaban J connectivity index is 1.94. The number of aromatic nitrogens is 1. The van der Waals surface area contributed by atoms with Gasteiger partial charge in [-0.3, -0.25) is 4.98 Å². The average Bonchev–Trinajstić information content (AvgIpc) is 2.93. The molecule has 4 nitrogen and oxygen atoms in total. The van der Waals surface area contributed by atoms with E-state index in [2.05, 4.69) is 16.4 Å². The fraction of sp³-hybridized carbons (Fsp3) is 0.400. The maximum atomic E-state index is 5.70. The predicted octanol–water partition coefficient (Wildman–Crippen LogP) is 3.23. The molecule has 0 saturated carbocycles. The van der Waals surface area contributed by atoms with Gasteiger partial charge in [0.05, 0.1) is 18.7 Å². The van der Waals surface area contributed by atoms with E-state index in [9.17, 15) is 0 Å². The van der Waals surface area contributed by atoms with Gasteiger partial charge in [0.15, 0.2) is 11.5 Å². The normalized spacial score (nSPS) is 10.8. The Kier molecular flexibility index (Phi) is 5.38. The molecule has 5 heteroatoms. The Morgan fingerprint density at radius 1 is 1.25 bits per heavy atom. The van der Waals surface area contributed by atoms with Gasteiger partial charge in [-0.15, -0.1) is 11.3 Å². The number of rotatable bonds is 7. The molecule has 0 aliphatic rings. The highest BCUT2D eigenvalue weighted by Crippen LogP contribution is 2.28. The SMILES string of the molecule is COc1cc(CNCc2cncs2)ccc1OC(C)C. The van der Waals surface area contributed by atoms with E-state index in [4.69, 9.17) is 9.47 Å². The second-order valence-electron chi connectivity index (χ2n) is 4.72. The number of nitrogens with one attached hydrogen (secondary N) is 1. The molecule has 0 bridgehead atoms. The van der Waals surface area contributed by atoms with Crippen LogP contribution in [0.2, 0.25) is 0 Å². The van der Waals surface area contributed by atoms with Crippen molar-refractivity contribution >= 4 is 11.3 Å². The lowest BCUT2D eigenvalue weighted by Gasteiger charge is -2.14. The first kappa shape index (κ1) is 14.8. The number of methoxy groups -OCH3 is 1. The highest BCUT2D eigenvalue weighted by Gasteiger charge is 2.07. The van der Waals surface area contributed by atoms with Crippen molar-refractivity contribution < 1.29 is 9.47 Å². The van der Waals surface area contributed by atoms with Crippen molar-refractivity contribution in [1.29, 1.82) is 0 Å². The molecule has 0 aliphatic carbocycles. The van der Waals surface area contributed by atoms with Crippen LogP contribution >= 0.6 is 11.3 Å². The third-order valence-corrected chi connectivity index (χ3v) is 3.48. The summed E-state index contributed by atoms with van der Waals surface area (Å²) in [4.78, 5) is 5.29. The molecule has 20 heavy (non-hydrogen) atoms. The van der Waals surface area contributed by atoms with Crippen molar-refractivity contribution in [1.82, 2.24) is 10.3 Å². The molecular weight excluding hydrogens is 272 g/mol. The van der Waals surface area contributed by atoms with E-state index >= 15 is 0 Å². The Hall–Kier alpha value is -1.59. The Bertz CT molecular complexity index is 527. The number of benzene rings is 1. The Morgan fingerprint density at radius 3 is 2.75 bits per heavy atom. The summed E-state index contributed by atoms with van der Waals surface area (Å²) in [6.45, 7) is 5.63. The summed E-state index contributed by atoms with van der Waals surface area (Å²) in [5, 5.41) is 3.39. The topological polar surface area (TPSA) is 43.4 Å². The van der Waals surface area contributed by atoms with Crippen molar-refractivity contribution in [2.24, 2.45) is 0 Å². The molecule has 0 spiro atoms. The van der Waals surface area contributed by atoms with Crippen LogP contribution in [0.4, 0.5) is 0 Å². The van der Waals surface area contributed by atoms with Crippen LogP contribution in [-0.4, -0.2) is 18.2 Å². The molecule has 0 fully saturated rings. The van der Waals surface area contributed by atoms with Crippen molar-refractivity contribution in [2.45, 2.75) is 33.0 Å². The minimum absolute atomic E-state index is 0.138. The van der Waals surface area contributed by atoms with E-state index in [1.54, 1.807) is 18.4 Å². The summed E-state index contributed by atoms with van der Waals surface area (Å²) >= 11 is 1.66. The molecular formula is C15H20N2O2S. The van der Waals surface area contributed by atoms with Crippen LogP contribution in [-0.2, 0) is 13.1 Å². The van der Waals surface area contributed by atoms with E-state index in [0.29, 0.717) is 0 Å². The molecule has 0 atom stereocenters. The van der Waals surface area contributed by atoms with Gasteiger partial charge in [0.2, 0.25) is 0 Å². The van der Waals surface area contributed by atoms with Crippen molar-refractivity contribution in [3.05, 3.63) is 40.3 Å². The van der Waals surface area contributed by atoms with Crippen molar-refractivity contribution in [2.75, 3.05) is 7.11 Å². The van der Waals surface area contributed by atoms with Gasteiger partial charge in [-0.2, -0.15) is 0 Å². The number of hydrogen-bond acceptors (Lipinski definition) is 5. The maximum Gasteiger partial charge on any atom is 0.161 e. The number of hydrogen-bond donors (Lipinski definition) is 1. The number of nitrogens with zero attached hydrogens (tertiary/aromatic N) is 1. The first-order chi connectivity index (χ1) is 9.69. The van der Waals surface area contributed by atoms with E-state index in [-0.39, 0.29) is 6.10 Å². The van der Waals surface area contributed by atoms with Crippen LogP contribution in [0.15, 0.2) is 29.9 Å². The minimum atomic E-state index is 0.138. The summed E-state index contributed by atoms with van der Waals surface area (Å²) in [5.74, 6) is 1.56. The lowest BCUT2D eigenvalue weighted by molar-refractivity contribution is 0.230. The van der Waals surface area contributed by atoms with Gasteiger partial charge in [-0.25, -0.2) is 0 Å². The fourth-order valence-corrected chi connectivity index (χ4v) is 2.40. The van der Waals surface area contributed by atoms with Crippen molar-refractivity contribution in [3.8, 4) is 11.5 Å². The van der Waals surface area contributed by atoms with Crippen LogP contribution in [0.3, 0.4) is 0 Å². The van der Waals surface area contributed by atoms with E-state index in [1.807, 2.05) is 37.7 Å². The standard InChI is InChI=1S/C15H20N2O2S/c1-11(2)19-14-5-4-12(6-15(14)18-3)7-16-8-13-9-17-10-20-13/h4-6,9-11,16H,7-8H2,1-3H3. The zero-order valence-corrected chi connectivity index (χ0v) is 12.9. The summed E-state index contributed by atoms with van der Waals surface area (Å²) in [6, 6.07) is 6.03. The third kappa shape index (κ3) is 4.21. The maximum absolute atomic E-state index is 5.70. The van der Waals surface area contributed by atoms with Gasteiger partial charge in [0.1, 0.15) is 0 Å². The van der Waals surface area contributed by atoms with Gasteiger partial charge in [0, 0.05) is 24.2 Å². The van der Waals surface area contributed by atoms with Gasteiger partial charge in [-0.05, 0) is 31.5 Å². The molecule has 1 aromatic heterocycles. The first-order valence-electron chi connectivity index (χ1n) is 6.60. The van der Waals surface area contributed by atoms with Crippen LogP contribution in [0, 0.1) is 0 Å². The molecule has 0 amide bonds. The zero-order chi connectivity index (χ0) is 14.4. The summed E-state index contributed by atoms with van der Waals surface area (Å²) in [6.07, 6.45) is 2.02. The van der Waals surface area contributed by atoms with Crippen LogP contribution in [0.1, 0.15) is 24.3 Å². The molecule has 2 rings (SSSR count). The average molecular weight is 292 g/mol. The lowest BCUT2D eigenvalue weighted by atomic mass is 10.2. The number of thiazole rings is 1. The van der Waals surface area contributed by atoms with Crippen LogP contribution in [0.5, 0.6) is 11.5 Å². The van der Waals surface area contributed by atoms with Gasteiger partial charge in [-0.1, -0.05) is 6.07 Å². The first-order valence-corrected chi connectivity index (χ1v) is 7.48. The highest BCUT2D eigenvalue weighted by molar-refractivity contribution is 7.09. The molecule has 1 aromatic carbocycles. The molecule has 0 unspecified atom stereocenters.